The van der Waals surface area contributed by atoms with Crippen molar-refractivity contribution in [2.75, 3.05) is 6.61 Å². The Labute approximate surface area is 64.9 Å². The molecule has 0 bridgehead atoms. The zero-order chi connectivity index (χ0) is 9.78. The fourth-order valence-corrected chi connectivity index (χ4v) is 0.288. The number of hydrogen-bond donors (Lipinski definition) is 2. The van der Waals surface area contributed by atoms with Gasteiger partial charge in [0.15, 0.2) is 0 Å². The van der Waals surface area contributed by atoms with Gasteiger partial charge in [0.2, 0.25) is 0 Å². The lowest BCUT2D eigenvalue weighted by Gasteiger charge is -2.09. The van der Waals surface area contributed by atoms with E-state index in [9.17, 15) is 18.0 Å². The largest absolute Gasteiger partial charge is 0.718 e. The van der Waals surface area contributed by atoms with Crippen LogP contribution in [-0.4, -0.2) is 36.4 Å². The van der Waals surface area contributed by atoms with Gasteiger partial charge < -0.3 is 14.8 Å². The fourth-order valence-electron chi connectivity index (χ4n) is 0.288. The van der Waals surface area contributed by atoms with Crippen LogP contribution in [0.25, 0.3) is 0 Å². The standard InChI is InChI=1S/C3H4BF3O5/c5-3(6,7)12-4(10)11-2(9)1-8/h8,10H,1H2. The molecule has 0 aromatic heterocycles. The second-order valence-electron chi connectivity index (χ2n) is 1.52. The van der Waals surface area contributed by atoms with E-state index in [2.05, 4.69) is 9.31 Å². The van der Waals surface area contributed by atoms with Crippen molar-refractivity contribution in [2.45, 2.75) is 6.36 Å². The number of aliphatic hydroxyl groups is 1. The molecule has 0 rings (SSSR count). The first kappa shape index (κ1) is 11.2. The molecule has 2 N–H and O–H groups in total. The normalized spacial score (nSPS) is 11.1. The van der Waals surface area contributed by atoms with Crippen molar-refractivity contribution in [2.24, 2.45) is 0 Å². The Morgan fingerprint density at radius 1 is 1.50 bits per heavy atom. The zero-order valence-corrected chi connectivity index (χ0v) is 5.54. The number of hydrogen-bond acceptors (Lipinski definition) is 5. The van der Waals surface area contributed by atoms with Gasteiger partial charge in [-0.2, -0.15) is 0 Å². The highest BCUT2D eigenvalue weighted by molar-refractivity contribution is 6.37. The van der Waals surface area contributed by atoms with E-state index in [0.717, 1.165) is 0 Å². The molecular weight excluding hydrogens is 184 g/mol. The maximum absolute atomic E-state index is 11.2. The van der Waals surface area contributed by atoms with Crippen LogP contribution in [0.3, 0.4) is 0 Å². The second-order valence-corrected chi connectivity index (χ2v) is 1.52. The van der Waals surface area contributed by atoms with Crippen molar-refractivity contribution in [1.29, 1.82) is 0 Å². The van der Waals surface area contributed by atoms with Crippen molar-refractivity contribution < 1.29 is 37.4 Å². The molecular formula is C3H4BF3O5. The molecule has 0 heterocycles. The number of aliphatic hydroxyl groups excluding tert-OH is 1. The van der Waals surface area contributed by atoms with Crippen LogP contribution in [0.1, 0.15) is 0 Å². The van der Waals surface area contributed by atoms with Crippen LogP contribution in [0, 0.1) is 0 Å². The van der Waals surface area contributed by atoms with E-state index in [1.165, 1.54) is 0 Å². The van der Waals surface area contributed by atoms with Gasteiger partial charge in [-0.1, -0.05) is 0 Å². The Morgan fingerprint density at radius 3 is 2.33 bits per heavy atom. The highest BCUT2D eigenvalue weighted by Gasteiger charge is 2.39. The number of carbonyl (C=O) groups excluding carboxylic acids is 1. The van der Waals surface area contributed by atoms with Crippen LogP contribution in [0.15, 0.2) is 0 Å². The van der Waals surface area contributed by atoms with Gasteiger partial charge in [-0.25, -0.2) is 0 Å². The van der Waals surface area contributed by atoms with Crippen molar-refractivity contribution in [3.63, 3.8) is 0 Å². The minimum atomic E-state index is -5.10. The van der Waals surface area contributed by atoms with Crippen LogP contribution >= 0.6 is 0 Å². The first-order chi connectivity index (χ1) is 5.35. The summed E-state index contributed by atoms with van der Waals surface area (Å²) in [6.07, 6.45) is -5.10. The SMILES string of the molecule is O=C(CO)OB(O)OC(F)(F)F. The van der Waals surface area contributed by atoms with Gasteiger partial charge >= 0.3 is 19.7 Å². The summed E-state index contributed by atoms with van der Waals surface area (Å²) in [5.41, 5.74) is 0. The summed E-state index contributed by atoms with van der Waals surface area (Å²) in [7, 11) is -2.75. The quantitative estimate of drug-likeness (QED) is 0.557. The minimum absolute atomic E-state index is 1.14. The third-order valence-corrected chi connectivity index (χ3v) is 0.596. The number of rotatable bonds is 3. The van der Waals surface area contributed by atoms with Crippen LogP contribution in [0.5, 0.6) is 0 Å². The smallest absolute Gasteiger partial charge is 0.483 e. The zero-order valence-electron chi connectivity index (χ0n) is 5.54. The molecule has 0 aliphatic heterocycles. The molecule has 0 unspecified atom stereocenters. The Hall–Kier alpha value is -0.795. The molecule has 0 radical (unpaired) electrons. The maximum atomic E-state index is 11.2. The summed E-state index contributed by atoms with van der Waals surface area (Å²) in [5, 5.41) is 16.1. The van der Waals surface area contributed by atoms with E-state index < -0.39 is 26.3 Å². The van der Waals surface area contributed by atoms with E-state index in [1.807, 2.05) is 0 Å². The average molecular weight is 188 g/mol. The van der Waals surface area contributed by atoms with Crippen LogP contribution in [0.4, 0.5) is 13.2 Å². The first-order valence-corrected chi connectivity index (χ1v) is 2.58. The molecule has 0 aliphatic carbocycles. The molecule has 5 nitrogen and oxygen atoms in total. The number of halogens is 3. The highest BCUT2D eigenvalue weighted by Crippen LogP contribution is 2.16. The van der Waals surface area contributed by atoms with Crippen LogP contribution < -0.4 is 0 Å². The first-order valence-electron chi connectivity index (χ1n) is 2.58. The van der Waals surface area contributed by atoms with Crippen LogP contribution in [-0.2, 0) is 14.1 Å². The Bertz CT molecular complexity index is 159. The Balaban J connectivity index is 3.74. The maximum Gasteiger partial charge on any atom is 0.718 e. The Morgan fingerprint density at radius 2 is 2.00 bits per heavy atom. The molecule has 0 atom stereocenters. The summed E-state index contributed by atoms with van der Waals surface area (Å²) < 4.78 is 40.0. The van der Waals surface area contributed by atoms with E-state index in [0.29, 0.717) is 0 Å². The number of carbonyl (C=O) groups is 1. The van der Waals surface area contributed by atoms with E-state index in [-0.39, 0.29) is 0 Å². The summed E-state index contributed by atoms with van der Waals surface area (Å²) in [5.74, 6) is -1.42. The van der Waals surface area contributed by atoms with Gasteiger partial charge in [0.25, 0.3) is 0 Å². The highest BCUT2D eigenvalue weighted by atomic mass is 19.4. The van der Waals surface area contributed by atoms with E-state index in [1.54, 1.807) is 0 Å². The third-order valence-electron chi connectivity index (χ3n) is 0.596. The molecule has 0 aliphatic rings. The molecule has 0 fully saturated rings. The molecule has 70 valence electrons. The monoisotopic (exact) mass is 188 g/mol. The van der Waals surface area contributed by atoms with E-state index in [4.69, 9.17) is 10.1 Å². The van der Waals surface area contributed by atoms with Crippen LogP contribution in [0.2, 0.25) is 0 Å². The molecule has 0 aromatic rings. The van der Waals surface area contributed by atoms with Gasteiger partial charge in [0.1, 0.15) is 6.61 Å². The van der Waals surface area contributed by atoms with Gasteiger partial charge in [0.05, 0.1) is 0 Å². The van der Waals surface area contributed by atoms with Gasteiger partial charge in [-0.15, -0.1) is 13.2 Å². The van der Waals surface area contributed by atoms with Gasteiger partial charge in [-0.3, -0.25) is 9.45 Å². The molecule has 0 amide bonds. The summed E-state index contributed by atoms with van der Waals surface area (Å²) in [6, 6.07) is 0. The minimum Gasteiger partial charge on any atom is -0.483 e. The summed E-state index contributed by atoms with van der Waals surface area (Å²) >= 11 is 0. The summed E-state index contributed by atoms with van der Waals surface area (Å²) in [6.45, 7) is -1.14. The molecule has 0 saturated heterocycles. The lowest BCUT2D eigenvalue weighted by molar-refractivity contribution is -0.289. The van der Waals surface area contributed by atoms with Crippen molar-refractivity contribution >= 4 is 13.3 Å². The van der Waals surface area contributed by atoms with Crippen molar-refractivity contribution in [3.8, 4) is 0 Å². The molecule has 0 saturated carbocycles. The molecule has 0 spiro atoms. The Kier molecular flexibility index (Phi) is 4.00. The van der Waals surface area contributed by atoms with Gasteiger partial charge in [0, 0.05) is 0 Å². The molecule has 0 aromatic carbocycles. The topological polar surface area (TPSA) is 76.0 Å². The van der Waals surface area contributed by atoms with E-state index >= 15 is 0 Å². The van der Waals surface area contributed by atoms with Gasteiger partial charge in [-0.05, 0) is 0 Å². The molecule has 12 heavy (non-hydrogen) atoms. The second kappa shape index (κ2) is 4.29. The lowest BCUT2D eigenvalue weighted by Crippen LogP contribution is -2.33. The average Bonchev–Trinajstić information content (AvgIpc) is 1.82. The predicted molar refractivity (Wildman–Crippen MR) is 28.3 cm³/mol. The fraction of sp³-hybridized carbons (Fsp3) is 0.667. The summed E-state index contributed by atoms with van der Waals surface area (Å²) in [4.78, 5) is 10.0. The lowest BCUT2D eigenvalue weighted by atomic mass is 10.2. The number of alkyl halides is 3. The molecule has 9 heteroatoms. The predicted octanol–water partition coefficient (Wildman–Crippen LogP) is -0.964. The van der Waals surface area contributed by atoms with Crippen molar-refractivity contribution in [1.82, 2.24) is 0 Å². The van der Waals surface area contributed by atoms with Crippen molar-refractivity contribution in [3.05, 3.63) is 0 Å². The third kappa shape index (κ3) is 5.95.